The third kappa shape index (κ3) is 77.1. The second-order valence-corrected chi connectivity index (χ2v) is 29.9. The number of hydrogen-bond acceptors (Lipinski definition) is 15. The number of aliphatic hydroxyl groups excluding tert-OH is 1. The van der Waals surface area contributed by atoms with E-state index in [1.807, 2.05) is 12.2 Å². The number of ether oxygens (including phenoxy) is 4. The Labute approximate surface area is 643 Å². The molecule has 0 fully saturated rings. The molecule has 0 aromatic carbocycles. The highest BCUT2D eigenvalue weighted by Crippen LogP contribution is 2.45. The van der Waals surface area contributed by atoms with E-state index in [0.717, 1.165) is 167 Å². The summed E-state index contributed by atoms with van der Waals surface area (Å²) < 4.78 is 68.6. The third-order valence-corrected chi connectivity index (χ3v) is 18.7. The number of hydrogen-bond donors (Lipinski definition) is 3. The van der Waals surface area contributed by atoms with Crippen LogP contribution in [0.15, 0.2) is 146 Å². The largest absolute Gasteiger partial charge is 0.472 e. The molecule has 0 amide bonds. The van der Waals surface area contributed by atoms with Crippen LogP contribution in [0.2, 0.25) is 0 Å². The first-order chi connectivity index (χ1) is 51.7. The number of carbonyl (C=O) groups excluding carboxylic acids is 4. The van der Waals surface area contributed by atoms with Gasteiger partial charge in [0.05, 0.1) is 26.4 Å². The van der Waals surface area contributed by atoms with Gasteiger partial charge in [-0.15, -0.1) is 0 Å². The van der Waals surface area contributed by atoms with Gasteiger partial charge in [0.15, 0.2) is 12.2 Å². The van der Waals surface area contributed by atoms with Crippen molar-refractivity contribution < 1.29 is 80.2 Å². The van der Waals surface area contributed by atoms with Gasteiger partial charge in [-0.2, -0.15) is 0 Å². The molecular formula is C87H146O17P2. The number of aliphatic hydroxyl groups is 1. The van der Waals surface area contributed by atoms with E-state index < -0.39 is 97.5 Å². The normalized spacial score (nSPS) is 14.6. The molecule has 0 aliphatic carbocycles. The minimum Gasteiger partial charge on any atom is -0.462 e. The number of rotatable bonds is 76. The van der Waals surface area contributed by atoms with Crippen molar-refractivity contribution in [2.24, 2.45) is 0 Å². The van der Waals surface area contributed by atoms with Gasteiger partial charge >= 0.3 is 39.5 Å². The monoisotopic (exact) mass is 1530 g/mol. The summed E-state index contributed by atoms with van der Waals surface area (Å²) in [7, 11) is -9.99. The highest BCUT2D eigenvalue weighted by Gasteiger charge is 2.30. The van der Waals surface area contributed by atoms with E-state index in [1.54, 1.807) is 0 Å². The Morgan fingerprint density at radius 2 is 0.500 bits per heavy atom. The quantitative estimate of drug-likeness (QED) is 0.0169. The summed E-state index contributed by atoms with van der Waals surface area (Å²) >= 11 is 0. The first kappa shape index (κ1) is 101. The summed E-state index contributed by atoms with van der Waals surface area (Å²) in [5.41, 5.74) is 0. The lowest BCUT2D eigenvalue weighted by atomic mass is 10.0. The first-order valence-corrected chi connectivity index (χ1v) is 44.1. The average Bonchev–Trinajstić information content (AvgIpc) is 0.902. The lowest BCUT2D eigenvalue weighted by Gasteiger charge is -2.21. The van der Waals surface area contributed by atoms with Gasteiger partial charge < -0.3 is 33.8 Å². The molecule has 606 valence electrons. The molecule has 0 aliphatic rings. The van der Waals surface area contributed by atoms with Gasteiger partial charge in [0.1, 0.15) is 19.3 Å². The molecule has 106 heavy (non-hydrogen) atoms. The Hall–Kier alpha value is -5.06. The Kier molecular flexibility index (Phi) is 74.3. The number of allylic oxidation sites excluding steroid dienone is 24. The number of unbranched alkanes of at least 4 members (excludes halogenated alkanes) is 26. The molecular weight excluding hydrogens is 1380 g/mol. The fourth-order valence-corrected chi connectivity index (χ4v) is 12.2. The molecule has 17 nitrogen and oxygen atoms in total. The van der Waals surface area contributed by atoms with Crippen molar-refractivity contribution in [2.45, 2.75) is 341 Å². The van der Waals surface area contributed by atoms with Crippen molar-refractivity contribution in [1.82, 2.24) is 0 Å². The summed E-state index contributed by atoms with van der Waals surface area (Å²) in [4.78, 5) is 73.1. The molecule has 0 bridgehead atoms. The van der Waals surface area contributed by atoms with Crippen LogP contribution >= 0.6 is 15.6 Å². The van der Waals surface area contributed by atoms with E-state index in [1.165, 1.54) is 70.6 Å². The molecule has 3 N–H and O–H groups in total. The van der Waals surface area contributed by atoms with E-state index >= 15 is 0 Å². The van der Waals surface area contributed by atoms with E-state index in [9.17, 15) is 43.2 Å². The summed E-state index contributed by atoms with van der Waals surface area (Å²) in [6.07, 6.45) is 89.7. The van der Waals surface area contributed by atoms with Crippen molar-refractivity contribution in [2.75, 3.05) is 39.6 Å². The van der Waals surface area contributed by atoms with Gasteiger partial charge in [-0.3, -0.25) is 37.3 Å². The Balaban J connectivity index is 5.43. The molecule has 0 saturated heterocycles. The summed E-state index contributed by atoms with van der Waals surface area (Å²) in [5, 5.41) is 10.7. The molecule has 0 spiro atoms. The van der Waals surface area contributed by atoms with Gasteiger partial charge in [0, 0.05) is 25.7 Å². The zero-order valence-electron chi connectivity index (χ0n) is 66.3. The molecule has 5 atom stereocenters. The zero-order valence-corrected chi connectivity index (χ0v) is 68.1. The van der Waals surface area contributed by atoms with Crippen molar-refractivity contribution in [1.29, 1.82) is 0 Å². The zero-order chi connectivity index (χ0) is 77.4. The Morgan fingerprint density at radius 1 is 0.274 bits per heavy atom. The molecule has 0 radical (unpaired) electrons. The number of carbonyl (C=O) groups is 4. The standard InChI is InChI=1S/C87H146O17P2/c1-5-9-13-17-21-25-29-33-36-39-40-43-45-49-52-56-60-64-68-72-85(90)97-77-82(103-86(91)73-69-65-61-57-53-47-32-28-24-20-16-12-8-4)79-101-105(93,94)99-75-81(88)76-100-106(95,96)102-80-83(104-87(92)74-70-66-62-58-54-50-46-42-38-35-31-27-23-19-15-11-7-3)78-98-84(89)71-67-63-59-55-51-48-44-41-37-34-30-26-22-18-14-10-6-2/h10-11,14-15,21-23,25-27,33-38,40,43-44,46,48,50,55,59,81-83,88H,5-9,12-13,16-20,24,28-32,39,41-42,45,47,49,51-54,56-58,60-80H2,1-4H3,(H,93,94)(H,95,96)/b14-10-,15-11-,25-21-,26-22-,27-23-,36-33-,37-34-,38-35-,43-40-,48-44-,50-46-,59-55-. The van der Waals surface area contributed by atoms with Gasteiger partial charge in [-0.05, 0) is 141 Å². The molecule has 0 aliphatic heterocycles. The molecule has 0 aromatic heterocycles. The van der Waals surface area contributed by atoms with Crippen LogP contribution in [-0.4, -0.2) is 96.7 Å². The van der Waals surface area contributed by atoms with Crippen LogP contribution in [-0.2, 0) is 65.4 Å². The van der Waals surface area contributed by atoms with E-state index in [4.69, 9.17) is 37.0 Å². The lowest BCUT2D eigenvalue weighted by Crippen LogP contribution is -2.30. The maximum absolute atomic E-state index is 13.1. The van der Waals surface area contributed by atoms with Crippen LogP contribution in [0.5, 0.6) is 0 Å². The summed E-state index contributed by atoms with van der Waals surface area (Å²) in [6.45, 7) is 4.53. The molecule has 0 heterocycles. The van der Waals surface area contributed by atoms with Crippen LogP contribution < -0.4 is 0 Å². The predicted octanol–water partition coefficient (Wildman–Crippen LogP) is 24.2. The Morgan fingerprint density at radius 3 is 0.811 bits per heavy atom. The van der Waals surface area contributed by atoms with Crippen LogP contribution in [0.25, 0.3) is 0 Å². The van der Waals surface area contributed by atoms with Gasteiger partial charge in [0.25, 0.3) is 0 Å². The van der Waals surface area contributed by atoms with E-state index in [0.29, 0.717) is 32.1 Å². The van der Waals surface area contributed by atoms with Crippen LogP contribution in [0, 0.1) is 0 Å². The second kappa shape index (κ2) is 78.1. The van der Waals surface area contributed by atoms with E-state index in [2.05, 4.69) is 161 Å². The minimum atomic E-state index is -5.00. The highest BCUT2D eigenvalue weighted by atomic mass is 31.2. The van der Waals surface area contributed by atoms with Gasteiger partial charge in [-0.1, -0.05) is 302 Å². The van der Waals surface area contributed by atoms with Gasteiger partial charge in [0.2, 0.25) is 0 Å². The fourth-order valence-electron chi connectivity index (χ4n) is 10.6. The molecule has 5 unspecified atom stereocenters. The van der Waals surface area contributed by atoms with E-state index in [-0.39, 0.29) is 25.7 Å². The molecule has 19 heteroatoms. The van der Waals surface area contributed by atoms with Crippen molar-refractivity contribution in [3.63, 3.8) is 0 Å². The number of esters is 4. The van der Waals surface area contributed by atoms with Gasteiger partial charge in [-0.25, -0.2) is 9.13 Å². The molecule has 0 saturated carbocycles. The smallest absolute Gasteiger partial charge is 0.462 e. The summed E-state index contributed by atoms with van der Waals surface area (Å²) in [5.74, 6) is -2.28. The Bertz CT molecular complexity index is 2580. The average molecular weight is 1530 g/mol. The second-order valence-electron chi connectivity index (χ2n) is 27.0. The predicted molar refractivity (Wildman–Crippen MR) is 436 cm³/mol. The molecule has 0 aromatic rings. The number of phosphoric acid groups is 2. The highest BCUT2D eigenvalue weighted by molar-refractivity contribution is 7.47. The SMILES string of the molecule is CC/C=C\C/C=C\C/C=C\C/C=C\C/C=C\CCCC(=O)OCC(COP(=O)(O)OCC(O)COP(=O)(O)OCC(COC(=O)CCCCCCCC/C=C\C/C=C\C/C=C\CCCCC)OC(=O)CCCCCCCCCCCCCCC)OC(=O)CCCCCC/C=C\C/C=C\C/C=C\C/C=C\CC. The maximum atomic E-state index is 13.1. The minimum absolute atomic E-state index is 0.0505. The van der Waals surface area contributed by atoms with Crippen LogP contribution in [0.3, 0.4) is 0 Å². The number of phosphoric ester groups is 2. The third-order valence-electron chi connectivity index (χ3n) is 16.8. The van der Waals surface area contributed by atoms with Crippen molar-refractivity contribution >= 4 is 39.5 Å². The topological polar surface area (TPSA) is 237 Å². The summed E-state index contributed by atoms with van der Waals surface area (Å²) in [6, 6.07) is 0. The first-order valence-electron chi connectivity index (χ1n) is 41.1. The maximum Gasteiger partial charge on any atom is 0.472 e. The van der Waals surface area contributed by atoms with Crippen molar-refractivity contribution in [3.8, 4) is 0 Å². The lowest BCUT2D eigenvalue weighted by molar-refractivity contribution is -0.161. The van der Waals surface area contributed by atoms with Crippen LogP contribution in [0.1, 0.15) is 323 Å². The van der Waals surface area contributed by atoms with Crippen LogP contribution in [0.4, 0.5) is 0 Å². The van der Waals surface area contributed by atoms with Crippen molar-refractivity contribution in [3.05, 3.63) is 146 Å². The molecule has 0 rings (SSSR count). The fraction of sp³-hybridized carbons (Fsp3) is 0.678.